The minimum atomic E-state index is -0.681. The zero-order chi connectivity index (χ0) is 23.3. The molecule has 2 amide bonds. The Hall–Kier alpha value is -2.84. The normalized spacial score (nSPS) is 16.2. The maximum Gasteiger partial charge on any atom is 0.248 e. The van der Waals surface area contributed by atoms with Crippen LogP contribution in [0.25, 0.3) is 0 Å². The van der Waals surface area contributed by atoms with E-state index in [2.05, 4.69) is 5.32 Å². The van der Waals surface area contributed by atoms with Crippen molar-refractivity contribution in [3.05, 3.63) is 68.5 Å². The first-order valence-electron chi connectivity index (χ1n) is 11.7. The highest BCUT2D eigenvalue weighted by atomic mass is 32.1. The smallest absolute Gasteiger partial charge is 0.248 e. The molecule has 6 nitrogen and oxygen atoms in total. The molecule has 0 bridgehead atoms. The maximum absolute atomic E-state index is 13.7. The van der Waals surface area contributed by atoms with Gasteiger partial charge in [0.15, 0.2) is 11.5 Å². The Morgan fingerprint density at radius 2 is 1.79 bits per heavy atom. The molecule has 1 N–H and O–H groups in total. The average molecular weight is 497 g/mol. The zero-order valence-corrected chi connectivity index (χ0v) is 20.5. The first-order chi connectivity index (χ1) is 16.7. The van der Waals surface area contributed by atoms with Gasteiger partial charge in [0.05, 0.1) is 6.42 Å². The molecule has 0 saturated heterocycles. The van der Waals surface area contributed by atoms with Crippen LogP contribution in [0.15, 0.2) is 53.2 Å². The summed E-state index contributed by atoms with van der Waals surface area (Å²) in [6.07, 6.45) is 5.74. The summed E-state index contributed by atoms with van der Waals surface area (Å²) in [6, 6.07) is 13.0. The molecule has 2 aliphatic rings. The lowest BCUT2D eigenvalue weighted by Gasteiger charge is -2.33. The maximum atomic E-state index is 13.7. The van der Waals surface area contributed by atoms with Gasteiger partial charge in [-0.25, -0.2) is 0 Å². The van der Waals surface area contributed by atoms with Gasteiger partial charge in [-0.3, -0.25) is 9.59 Å². The molecule has 0 spiro atoms. The van der Waals surface area contributed by atoms with E-state index in [1.807, 2.05) is 53.2 Å². The molecule has 5 rings (SSSR count). The Kier molecular flexibility index (Phi) is 7.16. The molecule has 8 heteroatoms. The van der Waals surface area contributed by atoms with Gasteiger partial charge in [-0.2, -0.15) is 0 Å². The van der Waals surface area contributed by atoms with Gasteiger partial charge in [-0.1, -0.05) is 37.5 Å². The second kappa shape index (κ2) is 10.6. The van der Waals surface area contributed by atoms with Gasteiger partial charge in [-0.05, 0) is 53.4 Å². The number of nitrogens with one attached hydrogen (secondary N) is 1. The molecule has 1 unspecified atom stereocenters. The van der Waals surface area contributed by atoms with Gasteiger partial charge < -0.3 is 19.7 Å². The fourth-order valence-corrected chi connectivity index (χ4v) is 6.15. The van der Waals surface area contributed by atoms with Gasteiger partial charge in [0.1, 0.15) is 6.04 Å². The third-order valence-corrected chi connectivity index (χ3v) is 8.14. The Balaban J connectivity index is 1.45. The summed E-state index contributed by atoms with van der Waals surface area (Å²) in [7, 11) is 0. The van der Waals surface area contributed by atoms with Crippen LogP contribution in [0.1, 0.15) is 53.5 Å². The molecule has 1 fully saturated rings. The number of benzene rings is 1. The van der Waals surface area contributed by atoms with Crippen molar-refractivity contribution in [2.75, 3.05) is 6.79 Å². The SMILES string of the molecule is O=C(NC1CCCCC1)C(c1cccs1)N(Cc1ccc2c(c1)OCO2)C(=O)Cc1cccs1. The molecule has 1 aliphatic carbocycles. The number of hydrogen-bond donors (Lipinski definition) is 1. The molecule has 3 aromatic rings. The number of thiophene rings is 2. The molecule has 34 heavy (non-hydrogen) atoms. The highest BCUT2D eigenvalue weighted by Gasteiger charge is 2.34. The van der Waals surface area contributed by atoms with Crippen molar-refractivity contribution in [2.24, 2.45) is 0 Å². The minimum Gasteiger partial charge on any atom is -0.454 e. The van der Waals surface area contributed by atoms with Gasteiger partial charge in [-0.15, -0.1) is 22.7 Å². The lowest BCUT2D eigenvalue weighted by atomic mass is 9.95. The van der Waals surface area contributed by atoms with E-state index in [9.17, 15) is 9.59 Å². The number of ether oxygens (including phenoxy) is 2. The number of carbonyl (C=O) groups is 2. The van der Waals surface area contributed by atoms with E-state index in [0.29, 0.717) is 18.0 Å². The molecular weight excluding hydrogens is 468 g/mol. The first kappa shape index (κ1) is 22.9. The predicted molar refractivity (Wildman–Crippen MR) is 133 cm³/mol. The van der Waals surface area contributed by atoms with E-state index in [0.717, 1.165) is 41.0 Å². The summed E-state index contributed by atoms with van der Waals surface area (Å²) < 4.78 is 11.0. The van der Waals surface area contributed by atoms with Crippen LogP contribution in [0, 0.1) is 0 Å². The van der Waals surface area contributed by atoms with Crippen LogP contribution in [-0.2, 0) is 22.6 Å². The Morgan fingerprint density at radius 3 is 2.56 bits per heavy atom. The van der Waals surface area contributed by atoms with Crippen LogP contribution in [0.2, 0.25) is 0 Å². The number of carbonyl (C=O) groups excluding carboxylic acids is 2. The van der Waals surface area contributed by atoms with Gasteiger partial charge in [0, 0.05) is 22.3 Å². The van der Waals surface area contributed by atoms with E-state index in [1.165, 1.54) is 17.8 Å². The van der Waals surface area contributed by atoms with Crippen molar-refractivity contribution in [3.8, 4) is 11.5 Å². The molecule has 1 atom stereocenters. The lowest BCUT2D eigenvalue weighted by molar-refractivity contribution is -0.141. The fraction of sp³-hybridized carbons (Fsp3) is 0.385. The molecule has 1 aromatic carbocycles. The summed E-state index contributed by atoms with van der Waals surface area (Å²) >= 11 is 3.06. The van der Waals surface area contributed by atoms with E-state index in [-0.39, 0.29) is 31.1 Å². The summed E-state index contributed by atoms with van der Waals surface area (Å²) in [4.78, 5) is 31.0. The van der Waals surface area contributed by atoms with Crippen LogP contribution in [0.5, 0.6) is 11.5 Å². The summed E-state index contributed by atoms with van der Waals surface area (Å²) in [5.74, 6) is 1.19. The lowest BCUT2D eigenvalue weighted by Crippen LogP contribution is -2.47. The van der Waals surface area contributed by atoms with Crippen molar-refractivity contribution in [2.45, 2.75) is 57.2 Å². The summed E-state index contributed by atoms with van der Waals surface area (Å²) in [5.41, 5.74) is 0.899. The standard InChI is InChI=1S/C26H28N2O4S2/c29-24(15-20-8-4-12-33-20)28(16-18-10-11-21-22(14-18)32-17-31-21)25(23-9-5-13-34-23)26(30)27-19-6-2-1-3-7-19/h4-5,8-14,19,25H,1-3,6-7,15-17H2,(H,27,30). The number of amides is 2. The first-order valence-corrected chi connectivity index (χ1v) is 13.5. The summed E-state index contributed by atoms with van der Waals surface area (Å²) in [6.45, 7) is 0.503. The van der Waals surface area contributed by atoms with E-state index < -0.39 is 6.04 Å². The number of rotatable bonds is 8. The monoisotopic (exact) mass is 496 g/mol. The Morgan fingerprint density at radius 1 is 1.00 bits per heavy atom. The van der Waals surface area contributed by atoms with Crippen LogP contribution in [-0.4, -0.2) is 29.5 Å². The van der Waals surface area contributed by atoms with Crippen LogP contribution in [0.3, 0.4) is 0 Å². The van der Waals surface area contributed by atoms with Crippen molar-refractivity contribution in [3.63, 3.8) is 0 Å². The molecule has 0 radical (unpaired) electrons. The molecule has 1 saturated carbocycles. The molecule has 2 aromatic heterocycles. The minimum absolute atomic E-state index is 0.0719. The second-order valence-electron chi connectivity index (χ2n) is 8.73. The van der Waals surface area contributed by atoms with Crippen molar-refractivity contribution in [1.29, 1.82) is 0 Å². The highest BCUT2D eigenvalue weighted by molar-refractivity contribution is 7.10. The summed E-state index contributed by atoms with van der Waals surface area (Å²) in [5, 5.41) is 7.19. The topological polar surface area (TPSA) is 67.9 Å². The fourth-order valence-electron chi connectivity index (χ4n) is 4.62. The van der Waals surface area contributed by atoms with E-state index >= 15 is 0 Å². The van der Waals surface area contributed by atoms with Crippen LogP contribution in [0.4, 0.5) is 0 Å². The number of nitrogens with zero attached hydrogens (tertiary/aromatic N) is 1. The zero-order valence-electron chi connectivity index (χ0n) is 18.9. The Labute approximate surface area is 207 Å². The van der Waals surface area contributed by atoms with Crippen LogP contribution < -0.4 is 14.8 Å². The quantitative estimate of drug-likeness (QED) is 0.460. The number of hydrogen-bond acceptors (Lipinski definition) is 6. The molecule has 1 aliphatic heterocycles. The van der Waals surface area contributed by atoms with Gasteiger partial charge in [0.25, 0.3) is 0 Å². The Bertz CT molecular complexity index is 1110. The highest BCUT2D eigenvalue weighted by Crippen LogP contribution is 2.35. The van der Waals surface area contributed by atoms with Crippen molar-refractivity contribution < 1.29 is 19.1 Å². The third-order valence-electron chi connectivity index (χ3n) is 6.34. The predicted octanol–water partition coefficient (Wildman–Crippen LogP) is 5.30. The molecule has 178 valence electrons. The third kappa shape index (κ3) is 5.28. The van der Waals surface area contributed by atoms with Gasteiger partial charge in [0.2, 0.25) is 18.6 Å². The largest absolute Gasteiger partial charge is 0.454 e. The number of fused-ring (bicyclic) bond motifs is 1. The average Bonchev–Trinajstić information content (AvgIpc) is 3.62. The molecular formula is C26H28N2O4S2. The van der Waals surface area contributed by atoms with E-state index in [4.69, 9.17) is 9.47 Å². The van der Waals surface area contributed by atoms with Crippen LogP contribution >= 0.6 is 22.7 Å². The second-order valence-corrected chi connectivity index (χ2v) is 10.7. The van der Waals surface area contributed by atoms with E-state index in [1.54, 1.807) is 16.2 Å². The van der Waals surface area contributed by atoms with Crippen molar-refractivity contribution >= 4 is 34.5 Å². The van der Waals surface area contributed by atoms with Crippen molar-refractivity contribution in [1.82, 2.24) is 10.2 Å². The van der Waals surface area contributed by atoms with Gasteiger partial charge >= 0.3 is 0 Å². The molecule has 3 heterocycles.